The van der Waals surface area contributed by atoms with Crippen LogP contribution in [0.4, 0.5) is 4.79 Å². The Bertz CT molecular complexity index is 711. The average molecular weight is 351 g/mol. The topological polar surface area (TPSA) is 106 Å². The van der Waals surface area contributed by atoms with Gasteiger partial charge in [0.2, 0.25) is 0 Å². The van der Waals surface area contributed by atoms with Gasteiger partial charge in [0.1, 0.15) is 17.1 Å². The molecule has 0 bridgehead atoms. The number of rotatable bonds is 6. The van der Waals surface area contributed by atoms with Crippen molar-refractivity contribution in [1.82, 2.24) is 5.32 Å². The van der Waals surface area contributed by atoms with E-state index in [0.29, 0.717) is 18.6 Å². The zero-order chi connectivity index (χ0) is 19.2. The molecule has 1 rings (SSSR count). The predicted octanol–water partition coefficient (Wildman–Crippen LogP) is 3.33. The van der Waals surface area contributed by atoms with E-state index in [4.69, 9.17) is 4.42 Å². The Labute approximate surface area is 146 Å². The van der Waals surface area contributed by atoms with Crippen molar-refractivity contribution in [2.75, 3.05) is 7.11 Å². The first kappa shape index (κ1) is 20.5. The molecule has 0 spiro atoms. The summed E-state index contributed by atoms with van der Waals surface area (Å²) in [6.07, 6.45) is 3.88. The van der Waals surface area contributed by atoms with Crippen molar-refractivity contribution in [1.29, 1.82) is 0 Å². The van der Waals surface area contributed by atoms with Crippen LogP contribution in [0.3, 0.4) is 0 Å². The SMILES string of the molecule is COC(=O)N/C=C/CCC(C)c1cc(O)c(C(=O)C(C)(C)C)c(=O)o1. The number of carbonyl (C=O) groups excluding carboxylic acids is 2. The lowest BCUT2D eigenvalue weighted by Crippen LogP contribution is -2.26. The molecule has 25 heavy (non-hydrogen) atoms. The van der Waals surface area contributed by atoms with Gasteiger partial charge in [0.15, 0.2) is 5.78 Å². The predicted molar refractivity (Wildman–Crippen MR) is 92.8 cm³/mol. The molecule has 0 saturated heterocycles. The Kier molecular flexibility index (Phi) is 6.97. The molecular weight excluding hydrogens is 326 g/mol. The van der Waals surface area contributed by atoms with Crippen LogP contribution in [0.2, 0.25) is 0 Å². The second-order valence-electron chi connectivity index (χ2n) is 6.79. The fourth-order valence-electron chi connectivity index (χ4n) is 2.08. The van der Waals surface area contributed by atoms with Gasteiger partial charge in [-0.3, -0.25) is 10.1 Å². The van der Waals surface area contributed by atoms with E-state index in [1.807, 2.05) is 6.92 Å². The van der Waals surface area contributed by atoms with E-state index in [1.165, 1.54) is 19.4 Å². The molecule has 0 aliphatic heterocycles. The van der Waals surface area contributed by atoms with Crippen molar-refractivity contribution < 1.29 is 23.8 Å². The maximum absolute atomic E-state index is 12.2. The minimum atomic E-state index is -0.829. The fourth-order valence-corrected chi connectivity index (χ4v) is 2.08. The van der Waals surface area contributed by atoms with E-state index in [-0.39, 0.29) is 17.2 Å². The first-order chi connectivity index (χ1) is 11.6. The fraction of sp³-hybridized carbons (Fsp3) is 0.500. The second-order valence-corrected chi connectivity index (χ2v) is 6.79. The Morgan fingerprint density at radius 1 is 1.40 bits per heavy atom. The molecule has 1 unspecified atom stereocenters. The Morgan fingerprint density at radius 3 is 2.56 bits per heavy atom. The van der Waals surface area contributed by atoms with E-state index in [9.17, 15) is 19.5 Å². The summed E-state index contributed by atoms with van der Waals surface area (Å²) in [6.45, 7) is 6.84. The molecule has 7 nitrogen and oxygen atoms in total. The molecule has 2 N–H and O–H groups in total. The summed E-state index contributed by atoms with van der Waals surface area (Å²) < 4.78 is 9.65. The molecule has 0 aromatic carbocycles. The summed E-state index contributed by atoms with van der Waals surface area (Å²) in [6, 6.07) is 1.32. The van der Waals surface area contributed by atoms with Crippen molar-refractivity contribution in [3.63, 3.8) is 0 Å². The van der Waals surface area contributed by atoms with Gasteiger partial charge in [-0.25, -0.2) is 9.59 Å². The largest absolute Gasteiger partial charge is 0.507 e. The van der Waals surface area contributed by atoms with Crippen LogP contribution in [0.25, 0.3) is 0 Å². The molecule has 0 aliphatic rings. The maximum Gasteiger partial charge on any atom is 0.410 e. The summed E-state index contributed by atoms with van der Waals surface area (Å²) in [4.78, 5) is 35.2. The molecule has 0 saturated carbocycles. The zero-order valence-electron chi connectivity index (χ0n) is 15.2. The number of carbonyl (C=O) groups is 2. The number of allylic oxidation sites excluding steroid dienone is 1. The number of Topliss-reactive ketones (excluding diaryl/α,β-unsaturated/α-hetero) is 1. The Morgan fingerprint density at radius 2 is 2.04 bits per heavy atom. The van der Waals surface area contributed by atoms with Crippen molar-refractivity contribution in [2.24, 2.45) is 5.41 Å². The van der Waals surface area contributed by atoms with Gasteiger partial charge in [0, 0.05) is 23.6 Å². The number of hydrogen-bond acceptors (Lipinski definition) is 6. The lowest BCUT2D eigenvalue weighted by atomic mass is 9.86. The number of aromatic hydroxyl groups is 1. The van der Waals surface area contributed by atoms with Gasteiger partial charge in [-0.1, -0.05) is 33.8 Å². The van der Waals surface area contributed by atoms with Crippen molar-refractivity contribution >= 4 is 11.9 Å². The Hall–Kier alpha value is -2.57. The quantitative estimate of drug-likeness (QED) is 0.762. The maximum atomic E-state index is 12.2. The van der Waals surface area contributed by atoms with Crippen LogP contribution in [0.5, 0.6) is 5.75 Å². The number of hydrogen-bond donors (Lipinski definition) is 2. The molecule has 1 aromatic rings. The summed E-state index contributed by atoms with van der Waals surface area (Å²) in [5, 5.41) is 12.5. The molecule has 1 atom stereocenters. The second kappa shape index (κ2) is 8.50. The van der Waals surface area contributed by atoms with Crippen LogP contribution in [0.15, 0.2) is 27.6 Å². The molecule has 7 heteroatoms. The summed E-state index contributed by atoms with van der Waals surface area (Å²) in [7, 11) is 1.27. The van der Waals surface area contributed by atoms with Crippen molar-refractivity contribution in [2.45, 2.75) is 46.5 Å². The van der Waals surface area contributed by atoms with E-state index >= 15 is 0 Å². The zero-order valence-corrected chi connectivity index (χ0v) is 15.2. The normalized spacial score (nSPS) is 12.8. The summed E-state index contributed by atoms with van der Waals surface area (Å²) in [5.74, 6) is -0.668. The summed E-state index contributed by atoms with van der Waals surface area (Å²) >= 11 is 0. The molecule has 138 valence electrons. The third kappa shape index (κ3) is 5.77. The Balaban J connectivity index is 2.82. The first-order valence-corrected chi connectivity index (χ1v) is 7.99. The van der Waals surface area contributed by atoms with Crippen LogP contribution in [-0.2, 0) is 4.74 Å². The molecule has 1 amide bonds. The van der Waals surface area contributed by atoms with Crippen LogP contribution in [0, 0.1) is 5.41 Å². The minimum Gasteiger partial charge on any atom is -0.507 e. The molecule has 1 heterocycles. The van der Waals surface area contributed by atoms with Gasteiger partial charge in [0.05, 0.1) is 7.11 Å². The van der Waals surface area contributed by atoms with E-state index < -0.39 is 22.9 Å². The standard InChI is InChI=1S/C18H25NO6/c1-11(8-6-7-9-19-17(23)24-5)13-10-12(20)14(16(22)25-13)15(21)18(2,3)4/h7,9-11,20H,6,8H2,1-5H3,(H,19,23)/b9-7+. The number of amides is 1. The third-order valence-electron chi connectivity index (χ3n) is 3.61. The highest BCUT2D eigenvalue weighted by molar-refractivity contribution is 6.01. The van der Waals surface area contributed by atoms with Crippen LogP contribution < -0.4 is 10.9 Å². The van der Waals surface area contributed by atoms with Gasteiger partial charge in [0.25, 0.3) is 0 Å². The minimum absolute atomic E-state index is 0.153. The highest BCUT2D eigenvalue weighted by atomic mass is 16.5. The summed E-state index contributed by atoms with van der Waals surface area (Å²) in [5.41, 5.74) is -1.94. The highest BCUT2D eigenvalue weighted by Crippen LogP contribution is 2.28. The van der Waals surface area contributed by atoms with Crippen LogP contribution in [-0.4, -0.2) is 24.1 Å². The van der Waals surface area contributed by atoms with E-state index in [0.717, 1.165) is 0 Å². The number of methoxy groups -OCH3 is 1. The smallest absolute Gasteiger partial charge is 0.410 e. The molecule has 0 aliphatic carbocycles. The number of alkyl carbamates (subject to hydrolysis) is 1. The molecule has 1 aromatic heterocycles. The first-order valence-electron chi connectivity index (χ1n) is 7.99. The van der Waals surface area contributed by atoms with E-state index in [1.54, 1.807) is 26.8 Å². The van der Waals surface area contributed by atoms with Gasteiger partial charge >= 0.3 is 11.7 Å². The lowest BCUT2D eigenvalue weighted by molar-refractivity contribution is 0.0850. The van der Waals surface area contributed by atoms with Crippen molar-refractivity contribution in [3.8, 4) is 5.75 Å². The monoisotopic (exact) mass is 351 g/mol. The molecular formula is C18H25NO6. The van der Waals surface area contributed by atoms with Gasteiger partial charge in [-0.05, 0) is 12.8 Å². The average Bonchev–Trinajstić information content (AvgIpc) is 2.52. The number of nitrogens with one attached hydrogen (secondary N) is 1. The lowest BCUT2D eigenvalue weighted by Gasteiger charge is -2.17. The number of ether oxygens (including phenoxy) is 1. The van der Waals surface area contributed by atoms with Gasteiger partial charge in [-0.15, -0.1) is 0 Å². The van der Waals surface area contributed by atoms with Gasteiger partial charge < -0.3 is 14.3 Å². The van der Waals surface area contributed by atoms with E-state index in [2.05, 4.69) is 10.1 Å². The van der Waals surface area contributed by atoms with Crippen LogP contribution >= 0.6 is 0 Å². The van der Waals surface area contributed by atoms with Crippen molar-refractivity contribution in [3.05, 3.63) is 40.1 Å². The number of ketones is 1. The molecule has 0 radical (unpaired) electrons. The highest BCUT2D eigenvalue weighted by Gasteiger charge is 2.29. The van der Waals surface area contributed by atoms with Gasteiger partial charge in [-0.2, -0.15) is 0 Å². The molecule has 0 fully saturated rings. The third-order valence-corrected chi connectivity index (χ3v) is 3.61. The van der Waals surface area contributed by atoms with Crippen LogP contribution in [0.1, 0.15) is 62.6 Å².